The van der Waals surface area contributed by atoms with E-state index in [1.165, 1.54) is 141 Å². The minimum Gasteiger partial charge on any atom is -0.344 e. The Kier molecular flexibility index (Phi) is 26.6. The molecule has 0 aromatic heterocycles. The summed E-state index contributed by atoms with van der Waals surface area (Å²) in [6, 6.07) is 0. The smallest absolute Gasteiger partial charge is 0.169 e. The van der Waals surface area contributed by atoms with Crippen LogP contribution in [0.1, 0.15) is 194 Å². The van der Waals surface area contributed by atoms with Gasteiger partial charge in [-0.2, -0.15) is 0 Å². The van der Waals surface area contributed by atoms with Gasteiger partial charge in [0, 0.05) is 25.9 Å². The molecule has 2 aliphatic rings. The number of allylic oxidation sites excluding steroid dienone is 8. The first kappa shape index (κ1) is 42.0. The zero-order chi connectivity index (χ0) is 33.5. The highest BCUT2D eigenvalue weighted by molar-refractivity contribution is 4.94. The van der Waals surface area contributed by atoms with Crippen molar-refractivity contribution in [2.24, 2.45) is 0 Å². The van der Waals surface area contributed by atoms with Crippen LogP contribution in [0, 0.1) is 0 Å². The third kappa shape index (κ3) is 22.2. The van der Waals surface area contributed by atoms with Gasteiger partial charge in [0.25, 0.3) is 0 Å². The largest absolute Gasteiger partial charge is 0.344 e. The maximum absolute atomic E-state index is 6.86. The van der Waals surface area contributed by atoms with Crippen molar-refractivity contribution in [2.45, 2.75) is 212 Å². The Morgan fingerprint density at radius 3 is 1.19 bits per heavy atom. The number of hydrogen-bond donors (Lipinski definition) is 0. The summed E-state index contributed by atoms with van der Waals surface area (Å²) in [4.78, 5) is 2.44. The lowest BCUT2D eigenvalue weighted by molar-refractivity contribution is -0.188. The molecule has 0 amide bonds. The summed E-state index contributed by atoms with van der Waals surface area (Å²) in [5, 5.41) is 0. The molecule has 0 unspecified atom stereocenters. The minimum absolute atomic E-state index is 0.300. The summed E-state index contributed by atoms with van der Waals surface area (Å²) in [6.45, 7) is 6.81. The second kappa shape index (κ2) is 29.7. The normalized spacial score (nSPS) is 20.4. The lowest BCUT2D eigenvalue weighted by Gasteiger charge is -2.29. The Morgan fingerprint density at radius 2 is 0.809 bits per heavy atom. The lowest BCUT2D eigenvalue weighted by atomic mass is 9.98. The maximum atomic E-state index is 6.86. The van der Waals surface area contributed by atoms with Gasteiger partial charge in [-0.1, -0.05) is 140 Å². The zero-order valence-corrected chi connectivity index (χ0v) is 31.8. The summed E-state index contributed by atoms with van der Waals surface area (Å²) in [7, 11) is 2.24. The van der Waals surface area contributed by atoms with E-state index in [1.807, 2.05) is 0 Å². The predicted molar refractivity (Wildman–Crippen MR) is 207 cm³/mol. The summed E-state index contributed by atoms with van der Waals surface area (Å²) >= 11 is 0. The van der Waals surface area contributed by atoms with E-state index < -0.39 is 0 Å². The molecule has 2 fully saturated rings. The molecule has 0 saturated carbocycles. The molecule has 0 aliphatic carbocycles. The van der Waals surface area contributed by atoms with Crippen molar-refractivity contribution in [1.82, 2.24) is 4.90 Å². The van der Waals surface area contributed by atoms with Crippen molar-refractivity contribution in [2.75, 3.05) is 20.1 Å². The van der Waals surface area contributed by atoms with Crippen LogP contribution in [-0.4, -0.2) is 43.0 Å². The fourth-order valence-electron chi connectivity index (χ4n) is 7.15. The third-order valence-electron chi connectivity index (χ3n) is 10.3. The fraction of sp³-hybridized carbons (Fsp3) is 0.818. The van der Waals surface area contributed by atoms with Gasteiger partial charge in [-0.25, -0.2) is 0 Å². The molecule has 47 heavy (non-hydrogen) atoms. The molecule has 2 saturated heterocycles. The van der Waals surface area contributed by atoms with Crippen LogP contribution >= 0.6 is 0 Å². The molecular formula is C44H79NO2. The standard InChI is InChI=1S/C44H79NO2/c1-4-6-8-10-12-14-16-18-20-22-24-26-28-30-32-34-38-44(46-42-36-40-45(3)41-37-43(42)47-44)39-35-33-31-29-27-25-23-21-19-17-15-13-11-9-7-5-2/h12-15,18-21,42-43H,4-11,16-17,22-41H2,1-3H3/b14-12-,15-13-,20-18-,21-19-/t42-,43-/m1/s1. The number of fused-ring (bicyclic) bond motifs is 1. The molecule has 0 bridgehead atoms. The number of ether oxygens (including phenoxy) is 2. The van der Waals surface area contributed by atoms with Crippen LogP contribution in [0.4, 0.5) is 0 Å². The molecule has 3 heteroatoms. The first-order valence-corrected chi connectivity index (χ1v) is 20.8. The average Bonchev–Trinajstić information content (AvgIpc) is 3.34. The van der Waals surface area contributed by atoms with Crippen molar-refractivity contribution in [3.05, 3.63) is 48.6 Å². The number of nitrogens with zero attached hydrogens (tertiary/aromatic N) is 1. The van der Waals surface area contributed by atoms with Gasteiger partial charge >= 0.3 is 0 Å². The highest BCUT2D eigenvalue weighted by Crippen LogP contribution is 2.40. The van der Waals surface area contributed by atoms with Gasteiger partial charge in [0.15, 0.2) is 5.79 Å². The van der Waals surface area contributed by atoms with E-state index in [9.17, 15) is 0 Å². The van der Waals surface area contributed by atoms with Gasteiger partial charge in [-0.3, -0.25) is 0 Å². The number of rotatable bonds is 30. The SMILES string of the molecule is CCCCC/C=C\C/C=C\CCCCCCCCC1(CCCCCCCC/C=C\C/C=C\CCCCC)O[C@@H]2CCN(C)CC[C@H]2O1. The van der Waals surface area contributed by atoms with Crippen LogP contribution in [-0.2, 0) is 9.47 Å². The van der Waals surface area contributed by atoms with Gasteiger partial charge in [0.2, 0.25) is 0 Å². The first-order valence-electron chi connectivity index (χ1n) is 20.8. The first-order chi connectivity index (χ1) is 23.2. The molecule has 2 heterocycles. The molecule has 0 spiro atoms. The van der Waals surface area contributed by atoms with Crippen molar-refractivity contribution in [1.29, 1.82) is 0 Å². The molecule has 272 valence electrons. The van der Waals surface area contributed by atoms with Crippen LogP contribution in [0.25, 0.3) is 0 Å². The molecule has 2 aliphatic heterocycles. The number of hydrogen-bond acceptors (Lipinski definition) is 3. The predicted octanol–water partition coefficient (Wildman–Crippen LogP) is 13.6. The molecule has 2 rings (SSSR count). The summed E-state index contributed by atoms with van der Waals surface area (Å²) in [5.74, 6) is -0.310. The van der Waals surface area contributed by atoms with Crippen LogP contribution in [0.15, 0.2) is 48.6 Å². The second-order valence-corrected chi connectivity index (χ2v) is 14.8. The van der Waals surface area contributed by atoms with Gasteiger partial charge in [0.1, 0.15) is 0 Å². The van der Waals surface area contributed by atoms with Crippen LogP contribution < -0.4 is 0 Å². The number of unbranched alkanes of at least 4 members (excludes halogenated alkanes) is 18. The van der Waals surface area contributed by atoms with E-state index >= 15 is 0 Å². The molecular weight excluding hydrogens is 574 g/mol. The van der Waals surface area contributed by atoms with Gasteiger partial charge in [0.05, 0.1) is 12.2 Å². The van der Waals surface area contributed by atoms with Gasteiger partial charge in [-0.15, -0.1) is 0 Å². The van der Waals surface area contributed by atoms with Gasteiger partial charge < -0.3 is 14.4 Å². The molecule has 3 nitrogen and oxygen atoms in total. The van der Waals surface area contributed by atoms with Crippen LogP contribution in [0.2, 0.25) is 0 Å². The lowest BCUT2D eigenvalue weighted by Crippen LogP contribution is -2.32. The third-order valence-corrected chi connectivity index (χ3v) is 10.3. The highest BCUT2D eigenvalue weighted by atomic mass is 16.8. The monoisotopic (exact) mass is 654 g/mol. The maximum Gasteiger partial charge on any atom is 0.169 e. The Balaban J connectivity index is 1.56. The topological polar surface area (TPSA) is 21.7 Å². The van der Waals surface area contributed by atoms with Gasteiger partial charge in [-0.05, 0) is 96.9 Å². The van der Waals surface area contributed by atoms with Crippen LogP contribution in [0.5, 0.6) is 0 Å². The zero-order valence-electron chi connectivity index (χ0n) is 31.8. The van der Waals surface area contributed by atoms with Crippen LogP contribution in [0.3, 0.4) is 0 Å². The average molecular weight is 654 g/mol. The van der Waals surface area contributed by atoms with E-state index in [0.29, 0.717) is 12.2 Å². The van der Waals surface area contributed by atoms with E-state index in [4.69, 9.17) is 9.47 Å². The van der Waals surface area contributed by atoms with Crippen molar-refractivity contribution >= 4 is 0 Å². The van der Waals surface area contributed by atoms with Crippen molar-refractivity contribution in [3.63, 3.8) is 0 Å². The summed E-state index contributed by atoms with van der Waals surface area (Å²) < 4.78 is 13.7. The fourth-order valence-corrected chi connectivity index (χ4v) is 7.15. The quantitative estimate of drug-likeness (QED) is 0.0569. The molecule has 0 aromatic carbocycles. The van der Waals surface area contributed by atoms with E-state index in [2.05, 4.69) is 74.4 Å². The Labute approximate surface area is 294 Å². The Bertz CT molecular complexity index is 748. The molecule has 0 aromatic rings. The Morgan fingerprint density at radius 1 is 0.468 bits per heavy atom. The van der Waals surface area contributed by atoms with Crippen molar-refractivity contribution < 1.29 is 9.47 Å². The minimum atomic E-state index is -0.310. The van der Waals surface area contributed by atoms with E-state index in [1.54, 1.807) is 0 Å². The van der Waals surface area contributed by atoms with Crippen molar-refractivity contribution in [3.8, 4) is 0 Å². The van der Waals surface area contributed by atoms with E-state index in [0.717, 1.165) is 51.6 Å². The number of likely N-dealkylation sites (tertiary alicyclic amines) is 1. The van der Waals surface area contributed by atoms with E-state index in [-0.39, 0.29) is 5.79 Å². The Hall–Kier alpha value is -1.16. The highest BCUT2D eigenvalue weighted by Gasteiger charge is 2.47. The summed E-state index contributed by atoms with van der Waals surface area (Å²) in [5.41, 5.74) is 0. The second-order valence-electron chi connectivity index (χ2n) is 14.8. The molecule has 2 atom stereocenters. The molecule has 0 radical (unpaired) electrons. The molecule has 0 N–H and O–H groups in total. The summed E-state index contributed by atoms with van der Waals surface area (Å²) in [6.07, 6.45) is 55.0.